The summed E-state index contributed by atoms with van der Waals surface area (Å²) in [5.74, 6) is 1.01. The molecule has 2 aromatic heterocycles. The lowest BCUT2D eigenvalue weighted by atomic mass is 10.2. The number of anilines is 1. The van der Waals surface area contributed by atoms with Gasteiger partial charge in [0.2, 0.25) is 5.28 Å². The molecule has 3 atom stereocenters. The Labute approximate surface area is 118 Å². The smallest absolute Gasteiger partial charge is 0.226 e. The van der Waals surface area contributed by atoms with Gasteiger partial charge in [-0.1, -0.05) is 0 Å². The van der Waals surface area contributed by atoms with Gasteiger partial charge in [0.05, 0.1) is 12.4 Å². The molecule has 7 nitrogen and oxygen atoms in total. The molecule has 3 heterocycles. The zero-order chi connectivity index (χ0) is 13.6. The maximum Gasteiger partial charge on any atom is 0.226 e. The van der Waals surface area contributed by atoms with Gasteiger partial charge in [-0.25, -0.2) is 4.98 Å². The summed E-state index contributed by atoms with van der Waals surface area (Å²) in [6.45, 7) is 0. The third-order valence-corrected chi connectivity index (χ3v) is 4.58. The maximum atomic E-state index is 9.97. The molecule has 0 bridgehead atoms. The minimum absolute atomic E-state index is 0.108. The molecule has 1 saturated heterocycles. The van der Waals surface area contributed by atoms with Crippen LogP contribution in [-0.2, 0) is 0 Å². The van der Waals surface area contributed by atoms with Crippen molar-refractivity contribution >= 4 is 40.3 Å². The van der Waals surface area contributed by atoms with Crippen molar-refractivity contribution in [2.45, 2.75) is 17.6 Å². The highest BCUT2D eigenvalue weighted by Crippen LogP contribution is 2.38. The van der Waals surface area contributed by atoms with Crippen LogP contribution in [0.5, 0.6) is 0 Å². The van der Waals surface area contributed by atoms with E-state index in [4.69, 9.17) is 11.6 Å². The molecule has 19 heavy (non-hydrogen) atoms. The predicted molar refractivity (Wildman–Crippen MR) is 73.4 cm³/mol. The van der Waals surface area contributed by atoms with Crippen molar-refractivity contribution in [2.24, 2.45) is 0 Å². The first-order valence-corrected chi connectivity index (χ1v) is 7.10. The minimum Gasteiger partial charge on any atom is -0.389 e. The number of hydrogen-bond donors (Lipinski definition) is 3. The third kappa shape index (κ3) is 2.04. The number of aliphatic hydroxyl groups is 2. The quantitative estimate of drug-likeness (QED) is 0.695. The number of aromatic nitrogens is 4. The molecule has 1 fully saturated rings. The van der Waals surface area contributed by atoms with Gasteiger partial charge in [-0.05, 0) is 11.6 Å². The van der Waals surface area contributed by atoms with Crippen LogP contribution >= 0.6 is 23.4 Å². The summed E-state index contributed by atoms with van der Waals surface area (Å²) in [5.41, 5.74) is 1.12. The number of nitrogens with zero attached hydrogens (tertiary/aromatic N) is 4. The Bertz CT molecular complexity index is 621. The van der Waals surface area contributed by atoms with Gasteiger partial charge >= 0.3 is 0 Å². The summed E-state index contributed by atoms with van der Waals surface area (Å²) in [4.78, 5) is 12.4. The lowest BCUT2D eigenvalue weighted by Gasteiger charge is -2.17. The molecule has 0 spiro atoms. The van der Waals surface area contributed by atoms with E-state index >= 15 is 0 Å². The van der Waals surface area contributed by atoms with E-state index in [2.05, 4.69) is 20.3 Å². The second-order valence-electron chi connectivity index (χ2n) is 4.20. The molecule has 3 rings (SSSR count). The van der Waals surface area contributed by atoms with Gasteiger partial charge in [-0.15, -0.1) is 11.8 Å². The molecule has 0 saturated carbocycles. The maximum absolute atomic E-state index is 9.97. The fourth-order valence-corrected chi connectivity index (χ4v) is 3.53. The number of fused-ring (bicyclic) bond motifs is 1. The monoisotopic (exact) mass is 301 g/mol. The van der Waals surface area contributed by atoms with Crippen LogP contribution in [0.15, 0.2) is 6.33 Å². The van der Waals surface area contributed by atoms with Crippen molar-refractivity contribution in [2.75, 3.05) is 18.1 Å². The second kappa shape index (κ2) is 4.78. The van der Waals surface area contributed by atoms with Gasteiger partial charge in [0.15, 0.2) is 17.0 Å². The number of hydrogen-bond acceptors (Lipinski definition) is 7. The van der Waals surface area contributed by atoms with E-state index in [0.717, 1.165) is 0 Å². The number of rotatable bonds is 2. The lowest BCUT2D eigenvalue weighted by molar-refractivity contribution is 0.0313. The Morgan fingerprint density at radius 1 is 1.47 bits per heavy atom. The van der Waals surface area contributed by atoms with Gasteiger partial charge in [-0.2, -0.15) is 9.97 Å². The first-order valence-electron chi connectivity index (χ1n) is 5.67. The van der Waals surface area contributed by atoms with Crippen LogP contribution in [0.2, 0.25) is 5.28 Å². The SMILES string of the molecule is CNc1nc(Cl)nc2c1ncn2[C@@H]1SC[C@@H](O)[C@H]1O. The molecule has 0 unspecified atom stereocenters. The normalized spacial score (nSPS) is 27.1. The summed E-state index contributed by atoms with van der Waals surface area (Å²) >= 11 is 7.33. The van der Waals surface area contributed by atoms with Crippen LogP contribution < -0.4 is 5.32 Å². The van der Waals surface area contributed by atoms with Crippen molar-refractivity contribution in [3.05, 3.63) is 11.6 Å². The first kappa shape index (κ1) is 12.9. The van der Waals surface area contributed by atoms with Gasteiger partial charge in [0.1, 0.15) is 11.5 Å². The summed E-state index contributed by atoms with van der Waals surface area (Å²) in [6, 6.07) is 0. The molecular weight excluding hydrogens is 290 g/mol. The fraction of sp³-hybridized carbons (Fsp3) is 0.500. The van der Waals surface area contributed by atoms with E-state index in [1.807, 2.05) is 0 Å². The molecular formula is C10H12ClN5O2S. The zero-order valence-electron chi connectivity index (χ0n) is 9.99. The molecule has 0 aliphatic carbocycles. The Morgan fingerprint density at radius 3 is 2.89 bits per heavy atom. The van der Waals surface area contributed by atoms with Crippen molar-refractivity contribution in [3.8, 4) is 0 Å². The molecule has 1 aliphatic rings. The minimum atomic E-state index is -0.853. The molecule has 0 amide bonds. The summed E-state index contributed by atoms with van der Waals surface area (Å²) in [7, 11) is 1.72. The van der Waals surface area contributed by atoms with Gasteiger partial charge in [0, 0.05) is 12.8 Å². The van der Waals surface area contributed by atoms with Gasteiger partial charge < -0.3 is 15.5 Å². The van der Waals surface area contributed by atoms with Crippen molar-refractivity contribution in [1.29, 1.82) is 0 Å². The van der Waals surface area contributed by atoms with Crippen LogP contribution in [-0.4, -0.2) is 54.7 Å². The van der Waals surface area contributed by atoms with Crippen LogP contribution in [0.4, 0.5) is 5.82 Å². The van der Waals surface area contributed by atoms with E-state index in [1.54, 1.807) is 17.9 Å². The number of aliphatic hydroxyl groups excluding tert-OH is 2. The number of nitrogens with one attached hydrogen (secondary N) is 1. The fourth-order valence-electron chi connectivity index (χ4n) is 2.08. The average Bonchev–Trinajstić information content (AvgIpc) is 2.94. The Morgan fingerprint density at radius 2 is 2.26 bits per heavy atom. The van der Waals surface area contributed by atoms with E-state index in [-0.39, 0.29) is 10.7 Å². The van der Waals surface area contributed by atoms with E-state index in [9.17, 15) is 10.2 Å². The van der Waals surface area contributed by atoms with Crippen LogP contribution in [0.3, 0.4) is 0 Å². The summed E-state index contributed by atoms with van der Waals surface area (Å²) in [5, 5.41) is 22.3. The molecule has 0 radical (unpaired) electrons. The highest BCUT2D eigenvalue weighted by molar-refractivity contribution is 7.99. The topological polar surface area (TPSA) is 96.1 Å². The average molecular weight is 302 g/mol. The molecule has 2 aromatic rings. The molecule has 1 aliphatic heterocycles. The Kier molecular flexibility index (Phi) is 3.25. The summed E-state index contributed by atoms with van der Waals surface area (Å²) < 4.78 is 1.72. The lowest BCUT2D eigenvalue weighted by Crippen LogP contribution is -2.27. The first-order chi connectivity index (χ1) is 9.11. The van der Waals surface area contributed by atoms with Crippen molar-refractivity contribution in [1.82, 2.24) is 19.5 Å². The molecule has 0 aromatic carbocycles. The van der Waals surface area contributed by atoms with Gasteiger partial charge in [-0.3, -0.25) is 4.57 Å². The Balaban J connectivity index is 2.13. The number of imidazole rings is 1. The number of thioether (sulfide) groups is 1. The molecule has 102 valence electrons. The number of halogens is 1. The largest absolute Gasteiger partial charge is 0.389 e. The highest BCUT2D eigenvalue weighted by Gasteiger charge is 2.36. The second-order valence-corrected chi connectivity index (χ2v) is 5.68. The zero-order valence-corrected chi connectivity index (χ0v) is 11.6. The van der Waals surface area contributed by atoms with Crippen molar-refractivity contribution < 1.29 is 10.2 Å². The van der Waals surface area contributed by atoms with E-state index < -0.39 is 12.2 Å². The van der Waals surface area contributed by atoms with Crippen LogP contribution in [0.25, 0.3) is 11.2 Å². The van der Waals surface area contributed by atoms with Crippen LogP contribution in [0, 0.1) is 0 Å². The van der Waals surface area contributed by atoms with Crippen LogP contribution in [0.1, 0.15) is 5.37 Å². The Hall–Kier alpha value is -1.09. The van der Waals surface area contributed by atoms with Crippen molar-refractivity contribution in [3.63, 3.8) is 0 Å². The highest BCUT2D eigenvalue weighted by atomic mass is 35.5. The summed E-state index contributed by atoms with van der Waals surface area (Å²) in [6.07, 6.45) is -0.0159. The standard InChI is InChI=1S/C10H12ClN5O2S/c1-12-7-5-8(15-10(11)14-7)16(3-13-5)9-6(18)4(17)2-19-9/h3-4,6,9,17-18H,2H2,1H3,(H,12,14,15)/t4-,6-,9-/m1/s1. The molecule has 9 heteroatoms. The molecule has 3 N–H and O–H groups in total. The van der Waals surface area contributed by atoms with E-state index in [0.29, 0.717) is 22.7 Å². The van der Waals surface area contributed by atoms with Gasteiger partial charge in [0.25, 0.3) is 0 Å². The predicted octanol–water partition coefficient (Wildman–Crippen LogP) is 0.489. The van der Waals surface area contributed by atoms with E-state index in [1.165, 1.54) is 11.8 Å². The third-order valence-electron chi connectivity index (χ3n) is 3.03.